The molecular formula is C35H71ClN12O3S. The molecule has 0 radical (unpaired) electrons. The highest BCUT2D eigenvalue weighted by atomic mass is 35.5. The number of nitrogens with one attached hydrogen (secondary N) is 3. The minimum Gasteiger partial charge on any atom is -0.344 e. The van der Waals surface area contributed by atoms with Gasteiger partial charge in [0.15, 0.2) is 0 Å². The lowest BCUT2D eigenvalue weighted by Gasteiger charge is -2.30. The molecule has 0 aliphatic carbocycles. The summed E-state index contributed by atoms with van der Waals surface area (Å²) >= 11 is 0. The molecule has 3 heterocycles. The molecule has 2 fully saturated rings. The Bertz CT molecular complexity index is 1590. The fourth-order valence-corrected chi connectivity index (χ4v) is 7.16. The van der Waals surface area contributed by atoms with E-state index >= 15 is 0 Å². The summed E-state index contributed by atoms with van der Waals surface area (Å²) < 4.78 is 29.2. The van der Waals surface area contributed by atoms with Crippen molar-refractivity contribution in [2.45, 2.75) is 96.3 Å². The second-order valence-corrected chi connectivity index (χ2v) is 14.9. The largest absolute Gasteiger partial charge is 0.344 e. The number of carbonyl (C=O) groups excluding carboxylic acids is 1. The number of carbonyl (C=O) groups is 1. The number of nitrogens with zero attached hydrogens (tertiary/aromatic N) is 5. The molecule has 15 nitrogen and oxygen atoms in total. The first-order valence-corrected chi connectivity index (χ1v) is 18.7. The Morgan fingerprint density at radius 2 is 1.31 bits per heavy atom. The summed E-state index contributed by atoms with van der Waals surface area (Å²) in [6.45, 7) is 10.0. The number of piperidine rings is 2. The quantitative estimate of drug-likeness (QED) is 0.0753. The highest BCUT2D eigenvalue weighted by Crippen LogP contribution is 2.27. The van der Waals surface area contributed by atoms with Crippen LogP contribution in [0.15, 0.2) is 47.4 Å². The fourth-order valence-electron chi connectivity index (χ4n) is 6.02. The molecule has 0 unspecified atom stereocenters. The summed E-state index contributed by atoms with van der Waals surface area (Å²) in [5.41, 5.74) is 2.56. The van der Waals surface area contributed by atoms with Crippen molar-refractivity contribution in [2.24, 2.45) is 5.92 Å². The van der Waals surface area contributed by atoms with Gasteiger partial charge in [-0.2, -0.15) is 15.0 Å². The minimum absolute atomic E-state index is 0. The van der Waals surface area contributed by atoms with Crippen molar-refractivity contribution >= 4 is 63.2 Å². The lowest BCUT2D eigenvalue weighted by molar-refractivity contribution is -0.116. The highest BCUT2D eigenvalue weighted by Gasteiger charge is 2.21. The molecule has 17 heteroatoms. The van der Waals surface area contributed by atoms with Crippen LogP contribution in [0.5, 0.6) is 0 Å². The topological polar surface area (TPSA) is 272 Å². The maximum atomic E-state index is 13.2. The normalized spacial score (nSPS) is 14.0. The van der Waals surface area contributed by atoms with E-state index in [1.165, 1.54) is 31.4 Å². The first-order chi connectivity index (χ1) is 22.7. The number of hydrogen-bond donors (Lipinski definition) is 7. The number of benzene rings is 2. The average Bonchev–Trinajstić information content (AvgIpc) is 3.06. The van der Waals surface area contributed by atoms with Gasteiger partial charge in [-0.3, -0.25) is 9.52 Å². The molecule has 302 valence electrons. The van der Waals surface area contributed by atoms with Crippen molar-refractivity contribution in [1.29, 1.82) is 0 Å². The van der Waals surface area contributed by atoms with Crippen molar-refractivity contribution in [3.05, 3.63) is 48.0 Å². The van der Waals surface area contributed by atoms with Crippen LogP contribution in [0.1, 0.15) is 95.7 Å². The van der Waals surface area contributed by atoms with Crippen LogP contribution in [0.3, 0.4) is 0 Å². The zero-order valence-electron chi connectivity index (χ0n) is 31.3. The molecule has 3 aromatic rings. The number of anilines is 6. The van der Waals surface area contributed by atoms with E-state index in [1.54, 1.807) is 18.2 Å². The smallest absolute Gasteiger partial charge is 0.261 e. The first kappa shape index (κ1) is 48.2. The molecule has 2 aromatic carbocycles. The van der Waals surface area contributed by atoms with Crippen molar-refractivity contribution in [2.75, 3.05) is 51.3 Å². The zero-order valence-corrected chi connectivity index (χ0v) is 33.0. The number of rotatable bonds is 14. The van der Waals surface area contributed by atoms with Crippen LogP contribution in [-0.4, -0.2) is 55.5 Å². The van der Waals surface area contributed by atoms with Gasteiger partial charge in [0, 0.05) is 49.7 Å². The van der Waals surface area contributed by atoms with E-state index in [9.17, 15) is 13.2 Å². The van der Waals surface area contributed by atoms with Crippen LogP contribution >= 0.6 is 12.4 Å². The second-order valence-electron chi connectivity index (χ2n) is 13.2. The third-order valence-corrected chi connectivity index (χ3v) is 10.1. The molecular weight excluding hydrogens is 704 g/mol. The molecule has 2 aliphatic rings. The van der Waals surface area contributed by atoms with E-state index < -0.39 is 10.0 Å². The third-order valence-electron chi connectivity index (χ3n) is 8.75. The van der Waals surface area contributed by atoms with Crippen molar-refractivity contribution < 1.29 is 18.9 Å². The van der Waals surface area contributed by atoms with Crippen LogP contribution in [0.25, 0.3) is 0 Å². The van der Waals surface area contributed by atoms with E-state index in [0.717, 1.165) is 82.4 Å². The number of hydrogen-bond acceptors (Lipinski definition) is 13. The van der Waals surface area contributed by atoms with E-state index in [1.807, 2.05) is 19.1 Å². The van der Waals surface area contributed by atoms with Crippen LogP contribution in [0.2, 0.25) is 0 Å². The second kappa shape index (κ2) is 23.0. The zero-order chi connectivity index (χ0) is 33.2. The summed E-state index contributed by atoms with van der Waals surface area (Å²) in [6.07, 6.45) is 11.6. The number of amides is 1. The number of halogens is 1. The molecule has 15 N–H and O–H groups in total. The average molecular weight is 776 g/mol. The lowest BCUT2D eigenvalue weighted by atomic mass is 10.0. The van der Waals surface area contributed by atoms with Gasteiger partial charge in [-0.05, 0) is 106 Å². The van der Waals surface area contributed by atoms with Crippen molar-refractivity contribution in [3.8, 4) is 0 Å². The molecule has 2 aliphatic heterocycles. The molecule has 1 amide bonds. The van der Waals surface area contributed by atoms with Gasteiger partial charge in [0.2, 0.25) is 23.8 Å². The standard InChI is InChI=1S/C35H50N8O3S.ClH.4H3N.4H2/c1-26(2)13-7-4-8-14-32(44)36-28-15-18-30(19-16-28)47(45,46)41-31-20-17-29(25-27(31)3)37-33-38-34(42-21-9-5-10-22-42)40-35(39-33)43-23-11-6-12-24-43;;;;;;;;;/h15-20,25-26,41H,4-14,21-24H2,1-3H3,(H,36,44)(H,37,38,39,40);1H;4*1H3;4*1H. The molecule has 1 aromatic heterocycles. The summed E-state index contributed by atoms with van der Waals surface area (Å²) in [4.78, 5) is 31.3. The lowest BCUT2D eigenvalue weighted by Crippen LogP contribution is -2.34. The van der Waals surface area contributed by atoms with Gasteiger partial charge in [0.05, 0.1) is 10.6 Å². The molecule has 5 rings (SSSR count). The van der Waals surface area contributed by atoms with Crippen molar-refractivity contribution in [3.63, 3.8) is 0 Å². The van der Waals surface area contributed by atoms with Gasteiger partial charge in [-0.15, -0.1) is 12.4 Å². The Balaban J connectivity index is -0.000000963. The molecule has 0 atom stereocenters. The molecule has 2 saturated heterocycles. The Kier molecular flexibility index (Phi) is 21.3. The molecule has 0 bridgehead atoms. The predicted molar refractivity (Wildman–Crippen MR) is 226 cm³/mol. The van der Waals surface area contributed by atoms with E-state index in [0.29, 0.717) is 41.6 Å². The number of aromatic nitrogens is 3. The molecule has 0 saturated carbocycles. The van der Waals surface area contributed by atoms with Gasteiger partial charge in [-0.1, -0.05) is 33.1 Å². The minimum atomic E-state index is -3.84. The van der Waals surface area contributed by atoms with E-state index in [2.05, 4.69) is 39.0 Å². The number of sulfonamides is 1. The fraction of sp³-hybridized carbons (Fsp3) is 0.543. The summed E-state index contributed by atoms with van der Waals surface area (Å²) in [7, 11) is -3.84. The Morgan fingerprint density at radius 3 is 1.83 bits per heavy atom. The Hall–Kier alpha value is -3.80. The number of unbranched alkanes of at least 4 members (excludes halogenated alkanes) is 2. The maximum Gasteiger partial charge on any atom is 0.261 e. The predicted octanol–water partition coefficient (Wildman–Crippen LogP) is 9.30. The highest BCUT2D eigenvalue weighted by molar-refractivity contribution is 7.92. The summed E-state index contributed by atoms with van der Waals surface area (Å²) in [6, 6.07) is 11.7. The summed E-state index contributed by atoms with van der Waals surface area (Å²) in [5, 5.41) is 6.21. The van der Waals surface area contributed by atoms with Crippen LogP contribution in [0, 0.1) is 12.8 Å². The van der Waals surface area contributed by atoms with Crippen LogP contribution < -0.4 is 49.8 Å². The monoisotopic (exact) mass is 775 g/mol. The Morgan fingerprint density at radius 1 is 0.769 bits per heavy atom. The first-order valence-electron chi connectivity index (χ1n) is 17.2. The summed E-state index contributed by atoms with van der Waals surface area (Å²) in [5.74, 6) is 2.50. The van der Waals surface area contributed by atoms with Gasteiger partial charge in [0.25, 0.3) is 10.0 Å². The van der Waals surface area contributed by atoms with Gasteiger partial charge in [-0.25, -0.2) is 8.42 Å². The van der Waals surface area contributed by atoms with Crippen molar-refractivity contribution in [1.82, 2.24) is 39.6 Å². The SMILES string of the molecule is Cc1cc(Nc2nc(N3CCCCC3)nc(N3CCCCC3)n2)ccc1NS(=O)(=O)c1ccc(NC(=O)CCCCCC(C)C)cc1.Cl.N.N.N.N.[HH].[HH].[HH].[HH]. The Labute approximate surface area is 322 Å². The van der Waals surface area contributed by atoms with Crippen LogP contribution in [0.4, 0.5) is 34.9 Å². The van der Waals surface area contributed by atoms with Gasteiger partial charge in [0.1, 0.15) is 0 Å². The molecule has 52 heavy (non-hydrogen) atoms. The van der Waals surface area contributed by atoms with E-state index in [4.69, 9.17) is 15.0 Å². The van der Waals surface area contributed by atoms with Gasteiger partial charge >= 0.3 is 0 Å². The third kappa shape index (κ3) is 14.0. The van der Waals surface area contributed by atoms with E-state index in [-0.39, 0.29) is 53.5 Å². The molecule has 0 spiro atoms. The number of aryl methyl sites for hydroxylation is 1. The van der Waals surface area contributed by atoms with Crippen LogP contribution in [-0.2, 0) is 14.8 Å². The van der Waals surface area contributed by atoms with Gasteiger partial charge < -0.3 is 45.0 Å². The maximum absolute atomic E-state index is 13.2.